The number of benzene rings is 2. The van der Waals surface area contributed by atoms with Crippen LogP contribution in [-0.4, -0.2) is 16.6 Å². The summed E-state index contributed by atoms with van der Waals surface area (Å²) < 4.78 is 38.2. The SMILES string of the molecule is Cc1ccccc1C(C)NC(=O)CSc1ccc(C(F)(F)F)cc1[N+](=O)[O-]. The second-order valence-electron chi connectivity index (χ2n) is 5.87. The van der Waals surface area contributed by atoms with Crippen molar-refractivity contribution in [2.45, 2.75) is 31.0 Å². The van der Waals surface area contributed by atoms with Gasteiger partial charge in [0.2, 0.25) is 5.91 Å². The maximum absolute atomic E-state index is 12.7. The maximum atomic E-state index is 12.7. The molecule has 2 aromatic carbocycles. The zero-order chi connectivity index (χ0) is 20.2. The Labute approximate surface area is 158 Å². The Kier molecular flexibility index (Phi) is 6.48. The summed E-state index contributed by atoms with van der Waals surface area (Å²) >= 11 is 0.823. The summed E-state index contributed by atoms with van der Waals surface area (Å²) in [5.74, 6) is -0.521. The molecule has 0 aliphatic heterocycles. The Bertz CT molecular complexity index is 856. The number of nitro benzene ring substituents is 1. The second kappa shape index (κ2) is 8.43. The molecule has 5 nitrogen and oxygen atoms in total. The fraction of sp³-hybridized carbons (Fsp3) is 0.278. The van der Waals surface area contributed by atoms with E-state index in [0.717, 1.165) is 35.0 Å². The highest BCUT2D eigenvalue weighted by molar-refractivity contribution is 8.00. The monoisotopic (exact) mass is 398 g/mol. The molecule has 0 aromatic heterocycles. The van der Waals surface area contributed by atoms with Crippen LogP contribution in [0.4, 0.5) is 18.9 Å². The van der Waals surface area contributed by atoms with Crippen molar-refractivity contribution >= 4 is 23.4 Å². The number of thioether (sulfide) groups is 1. The topological polar surface area (TPSA) is 72.2 Å². The summed E-state index contributed by atoms with van der Waals surface area (Å²) in [7, 11) is 0. The van der Waals surface area contributed by atoms with Crippen molar-refractivity contribution in [3.63, 3.8) is 0 Å². The Morgan fingerprint density at radius 1 is 1.26 bits per heavy atom. The molecule has 1 N–H and O–H groups in total. The lowest BCUT2D eigenvalue weighted by Crippen LogP contribution is -2.28. The number of nitrogens with zero attached hydrogens (tertiary/aromatic N) is 1. The van der Waals surface area contributed by atoms with Gasteiger partial charge in [-0.15, -0.1) is 11.8 Å². The number of rotatable bonds is 6. The van der Waals surface area contributed by atoms with Crippen molar-refractivity contribution in [2.24, 2.45) is 0 Å². The molecule has 0 fully saturated rings. The highest BCUT2D eigenvalue weighted by Gasteiger charge is 2.33. The van der Waals surface area contributed by atoms with Crippen LogP contribution >= 0.6 is 11.8 Å². The molecular weight excluding hydrogens is 381 g/mol. The molecule has 0 saturated heterocycles. The van der Waals surface area contributed by atoms with E-state index < -0.39 is 22.4 Å². The Balaban J connectivity index is 2.06. The van der Waals surface area contributed by atoms with E-state index in [9.17, 15) is 28.1 Å². The first-order chi connectivity index (χ1) is 12.6. The predicted octanol–water partition coefficient (Wildman–Crippen LogP) is 4.89. The third-order valence-corrected chi connectivity index (χ3v) is 4.94. The van der Waals surface area contributed by atoms with E-state index >= 15 is 0 Å². The quantitative estimate of drug-likeness (QED) is 0.427. The molecule has 27 heavy (non-hydrogen) atoms. The summed E-state index contributed by atoms with van der Waals surface area (Å²) in [6.45, 7) is 3.73. The molecule has 2 rings (SSSR count). The summed E-state index contributed by atoms with van der Waals surface area (Å²) in [5.41, 5.74) is 0.179. The van der Waals surface area contributed by atoms with Crippen LogP contribution in [-0.2, 0) is 11.0 Å². The molecular formula is C18H17F3N2O3S. The number of hydrogen-bond acceptors (Lipinski definition) is 4. The van der Waals surface area contributed by atoms with Gasteiger partial charge in [-0.2, -0.15) is 13.2 Å². The van der Waals surface area contributed by atoms with Crippen molar-refractivity contribution in [3.8, 4) is 0 Å². The van der Waals surface area contributed by atoms with Gasteiger partial charge < -0.3 is 5.32 Å². The standard InChI is InChI=1S/C18H17F3N2O3S/c1-11-5-3-4-6-14(11)12(2)22-17(24)10-27-16-8-7-13(18(19,20)21)9-15(16)23(25)26/h3-9,12H,10H2,1-2H3,(H,22,24). The number of halogens is 3. The molecule has 144 valence electrons. The van der Waals surface area contributed by atoms with Crippen molar-refractivity contribution in [2.75, 3.05) is 5.75 Å². The number of nitro groups is 1. The number of aryl methyl sites for hydroxylation is 1. The van der Waals surface area contributed by atoms with Crippen LogP contribution in [0.3, 0.4) is 0 Å². The van der Waals surface area contributed by atoms with Crippen molar-refractivity contribution < 1.29 is 22.9 Å². The fourth-order valence-corrected chi connectivity index (χ4v) is 3.35. The number of nitrogens with one attached hydrogen (secondary N) is 1. The van der Waals surface area contributed by atoms with Crippen molar-refractivity contribution in [1.82, 2.24) is 5.32 Å². The van der Waals surface area contributed by atoms with E-state index in [1.54, 1.807) is 0 Å². The number of amides is 1. The zero-order valence-electron chi connectivity index (χ0n) is 14.5. The Morgan fingerprint density at radius 2 is 1.93 bits per heavy atom. The molecule has 0 spiro atoms. The van der Waals surface area contributed by atoms with Gasteiger partial charge >= 0.3 is 6.18 Å². The third kappa shape index (κ3) is 5.46. The minimum absolute atomic E-state index is 0.00620. The summed E-state index contributed by atoms with van der Waals surface area (Å²) in [6.07, 6.45) is -4.67. The molecule has 0 aliphatic carbocycles. The van der Waals surface area contributed by atoms with E-state index in [0.29, 0.717) is 6.07 Å². The molecule has 9 heteroatoms. The number of carbonyl (C=O) groups excluding carboxylic acids is 1. The fourth-order valence-electron chi connectivity index (χ4n) is 2.54. The molecule has 0 radical (unpaired) electrons. The van der Waals surface area contributed by atoms with Gasteiger partial charge in [0.05, 0.1) is 27.2 Å². The first kappa shape index (κ1) is 20.8. The zero-order valence-corrected chi connectivity index (χ0v) is 15.4. The Hall–Kier alpha value is -2.55. The maximum Gasteiger partial charge on any atom is 0.416 e. The van der Waals surface area contributed by atoms with Crippen LogP contribution < -0.4 is 5.32 Å². The average molecular weight is 398 g/mol. The minimum atomic E-state index is -4.67. The van der Waals surface area contributed by atoms with E-state index in [1.807, 2.05) is 38.1 Å². The first-order valence-electron chi connectivity index (χ1n) is 7.93. The molecule has 1 unspecified atom stereocenters. The van der Waals surface area contributed by atoms with Crippen LogP contribution in [0.2, 0.25) is 0 Å². The lowest BCUT2D eigenvalue weighted by atomic mass is 10.0. The third-order valence-electron chi connectivity index (χ3n) is 3.87. The minimum Gasteiger partial charge on any atom is -0.349 e. The average Bonchev–Trinajstić information content (AvgIpc) is 2.59. The molecule has 0 aliphatic rings. The van der Waals surface area contributed by atoms with Crippen LogP contribution in [0.25, 0.3) is 0 Å². The number of hydrogen-bond donors (Lipinski definition) is 1. The van der Waals surface area contributed by atoms with Gasteiger partial charge in [0.1, 0.15) is 0 Å². The molecule has 1 atom stereocenters. The molecule has 1 amide bonds. The molecule has 0 bridgehead atoms. The highest BCUT2D eigenvalue weighted by atomic mass is 32.2. The largest absolute Gasteiger partial charge is 0.416 e. The van der Waals surface area contributed by atoms with Gasteiger partial charge in [0.25, 0.3) is 5.69 Å². The van der Waals surface area contributed by atoms with Gasteiger partial charge in [-0.3, -0.25) is 14.9 Å². The van der Waals surface area contributed by atoms with E-state index in [2.05, 4.69) is 5.32 Å². The first-order valence-corrected chi connectivity index (χ1v) is 8.91. The highest BCUT2D eigenvalue weighted by Crippen LogP contribution is 2.36. The van der Waals surface area contributed by atoms with Crippen LogP contribution in [0, 0.1) is 17.0 Å². The Morgan fingerprint density at radius 3 is 2.52 bits per heavy atom. The van der Waals surface area contributed by atoms with Crippen molar-refractivity contribution in [3.05, 3.63) is 69.3 Å². The second-order valence-corrected chi connectivity index (χ2v) is 6.89. The van der Waals surface area contributed by atoms with E-state index in [1.165, 1.54) is 0 Å². The van der Waals surface area contributed by atoms with Gasteiger partial charge in [0, 0.05) is 6.07 Å². The normalized spacial score (nSPS) is 12.5. The van der Waals surface area contributed by atoms with Gasteiger partial charge in [0.15, 0.2) is 0 Å². The van der Waals surface area contributed by atoms with Crippen LogP contribution in [0.5, 0.6) is 0 Å². The predicted molar refractivity (Wildman–Crippen MR) is 96.6 cm³/mol. The summed E-state index contributed by atoms with van der Waals surface area (Å²) in [6, 6.07) is 9.54. The number of alkyl halides is 3. The summed E-state index contributed by atoms with van der Waals surface area (Å²) in [5, 5.41) is 13.9. The smallest absolute Gasteiger partial charge is 0.349 e. The lowest BCUT2D eigenvalue weighted by molar-refractivity contribution is -0.388. The molecule has 2 aromatic rings. The van der Waals surface area contributed by atoms with E-state index in [4.69, 9.17) is 0 Å². The van der Waals surface area contributed by atoms with Gasteiger partial charge in [-0.1, -0.05) is 24.3 Å². The molecule has 0 saturated carbocycles. The van der Waals surface area contributed by atoms with Gasteiger partial charge in [-0.05, 0) is 37.1 Å². The summed E-state index contributed by atoms with van der Waals surface area (Å²) in [4.78, 5) is 22.3. The van der Waals surface area contributed by atoms with E-state index in [-0.39, 0.29) is 22.6 Å². The number of carbonyl (C=O) groups is 1. The van der Waals surface area contributed by atoms with Gasteiger partial charge in [-0.25, -0.2) is 0 Å². The van der Waals surface area contributed by atoms with Crippen LogP contribution in [0.1, 0.15) is 29.7 Å². The lowest BCUT2D eigenvalue weighted by Gasteiger charge is -2.16. The van der Waals surface area contributed by atoms with Crippen molar-refractivity contribution in [1.29, 1.82) is 0 Å². The molecule has 0 heterocycles. The van der Waals surface area contributed by atoms with Crippen LogP contribution in [0.15, 0.2) is 47.4 Å².